The first-order chi connectivity index (χ1) is 14.1. The van der Waals surface area contributed by atoms with Crippen LogP contribution in [0.2, 0.25) is 0 Å². The Hall–Kier alpha value is -1.32. The summed E-state index contributed by atoms with van der Waals surface area (Å²) in [6.07, 6.45) is 14.0. The summed E-state index contributed by atoms with van der Waals surface area (Å²) in [5, 5.41) is 0. The molecule has 0 spiro atoms. The molecule has 0 saturated heterocycles. The third-order valence-electron chi connectivity index (χ3n) is 7.68. The van der Waals surface area contributed by atoms with Gasteiger partial charge in [0.1, 0.15) is 0 Å². The Kier molecular flexibility index (Phi) is 6.97. The molecule has 3 aliphatic carbocycles. The number of hydrogen-bond donors (Lipinski definition) is 0. The Labute approximate surface area is 174 Å². The minimum atomic E-state index is -0.922. The van der Waals surface area contributed by atoms with Crippen molar-refractivity contribution >= 4 is 0 Å². The van der Waals surface area contributed by atoms with Gasteiger partial charge in [0.15, 0.2) is 11.5 Å². The highest BCUT2D eigenvalue weighted by atomic mass is 19.2. The molecule has 3 saturated carbocycles. The van der Waals surface area contributed by atoms with Crippen LogP contribution in [0.15, 0.2) is 12.1 Å². The van der Waals surface area contributed by atoms with Gasteiger partial charge in [-0.3, -0.25) is 0 Å². The fourth-order valence-corrected chi connectivity index (χ4v) is 5.33. The molecule has 0 amide bonds. The first-order valence-electron chi connectivity index (χ1n) is 11.9. The molecule has 162 valence electrons. The van der Waals surface area contributed by atoms with Crippen molar-refractivity contribution in [3.8, 4) is 11.5 Å². The normalized spacial score (nSPS) is 30.2. The van der Waals surface area contributed by atoms with Gasteiger partial charge in [-0.25, -0.2) is 0 Å². The van der Waals surface area contributed by atoms with E-state index in [4.69, 9.17) is 9.47 Å². The van der Waals surface area contributed by atoms with Crippen molar-refractivity contribution in [1.29, 1.82) is 0 Å². The van der Waals surface area contributed by atoms with E-state index in [2.05, 4.69) is 6.92 Å². The largest absolute Gasteiger partial charge is 0.490 e. The lowest BCUT2D eigenvalue weighted by atomic mass is 9.69. The number of ether oxygens (including phenoxy) is 2. The minimum Gasteiger partial charge on any atom is -0.490 e. The van der Waals surface area contributed by atoms with Crippen LogP contribution in [0.1, 0.15) is 77.6 Å². The van der Waals surface area contributed by atoms with Crippen LogP contribution in [-0.2, 0) is 0 Å². The predicted octanol–water partition coefficient (Wildman–Crippen LogP) is 7.16. The molecule has 4 heteroatoms. The Morgan fingerprint density at radius 3 is 1.41 bits per heavy atom. The fourth-order valence-electron chi connectivity index (χ4n) is 5.33. The first-order valence-corrected chi connectivity index (χ1v) is 11.9. The van der Waals surface area contributed by atoms with Gasteiger partial charge in [-0.1, -0.05) is 26.2 Å². The number of benzene rings is 1. The second-order valence-corrected chi connectivity index (χ2v) is 9.73. The zero-order chi connectivity index (χ0) is 20.2. The van der Waals surface area contributed by atoms with Gasteiger partial charge in [0, 0.05) is 0 Å². The van der Waals surface area contributed by atoms with Crippen LogP contribution in [0.3, 0.4) is 0 Å². The third-order valence-corrected chi connectivity index (χ3v) is 7.68. The van der Waals surface area contributed by atoms with Crippen LogP contribution in [0.4, 0.5) is 8.78 Å². The summed E-state index contributed by atoms with van der Waals surface area (Å²) in [5.41, 5.74) is 0. The fraction of sp³-hybridized carbons (Fsp3) is 0.760. The molecule has 0 aromatic heterocycles. The third kappa shape index (κ3) is 5.44. The van der Waals surface area contributed by atoms with Crippen molar-refractivity contribution < 1.29 is 18.3 Å². The Morgan fingerprint density at radius 2 is 1.03 bits per heavy atom. The summed E-state index contributed by atoms with van der Waals surface area (Å²) in [6.45, 7) is 3.27. The molecular formula is C25H36F2O2. The van der Waals surface area contributed by atoms with Gasteiger partial charge >= 0.3 is 0 Å². The first kappa shape index (κ1) is 20.9. The van der Waals surface area contributed by atoms with Gasteiger partial charge in [0.25, 0.3) is 0 Å². The van der Waals surface area contributed by atoms with Gasteiger partial charge < -0.3 is 9.47 Å². The Bertz CT molecular complexity index is 657. The molecule has 0 bridgehead atoms. The number of halogens is 2. The van der Waals surface area contributed by atoms with Gasteiger partial charge in [-0.15, -0.1) is 0 Å². The molecule has 0 N–H and O–H groups in total. The highest BCUT2D eigenvalue weighted by molar-refractivity contribution is 5.35. The van der Waals surface area contributed by atoms with Gasteiger partial charge in [0.2, 0.25) is 11.6 Å². The zero-order valence-corrected chi connectivity index (χ0v) is 17.8. The van der Waals surface area contributed by atoms with Crippen molar-refractivity contribution in [3.05, 3.63) is 23.8 Å². The summed E-state index contributed by atoms with van der Waals surface area (Å²) in [7, 11) is 0. The molecular weight excluding hydrogens is 370 g/mol. The highest BCUT2D eigenvalue weighted by Gasteiger charge is 2.31. The molecule has 2 nitrogen and oxygen atoms in total. The lowest BCUT2D eigenvalue weighted by Gasteiger charge is -2.37. The lowest BCUT2D eigenvalue weighted by molar-refractivity contribution is 0.121. The van der Waals surface area contributed by atoms with Crippen LogP contribution in [0.5, 0.6) is 11.5 Å². The SMILES string of the molecule is CCC1CCC(C2CCC(COc3ccc(OCC4CC4)c(F)c3F)CC2)CC1. The lowest BCUT2D eigenvalue weighted by Crippen LogP contribution is -2.27. The molecule has 0 atom stereocenters. The van der Waals surface area contributed by atoms with Crippen LogP contribution in [0.25, 0.3) is 0 Å². The maximum absolute atomic E-state index is 14.3. The summed E-state index contributed by atoms with van der Waals surface area (Å²) in [5.74, 6) is 1.86. The van der Waals surface area contributed by atoms with E-state index in [1.165, 1.54) is 57.1 Å². The molecule has 0 heterocycles. The van der Waals surface area contributed by atoms with Gasteiger partial charge in [0.05, 0.1) is 13.2 Å². The summed E-state index contributed by atoms with van der Waals surface area (Å²) in [6, 6.07) is 3.01. The van der Waals surface area contributed by atoms with E-state index < -0.39 is 11.6 Å². The van der Waals surface area contributed by atoms with Crippen LogP contribution >= 0.6 is 0 Å². The van der Waals surface area contributed by atoms with Crippen molar-refractivity contribution in [2.24, 2.45) is 29.6 Å². The highest BCUT2D eigenvalue weighted by Crippen LogP contribution is 2.42. The second-order valence-electron chi connectivity index (χ2n) is 9.73. The summed E-state index contributed by atoms with van der Waals surface area (Å²) >= 11 is 0. The molecule has 4 rings (SSSR count). The van der Waals surface area contributed by atoms with Gasteiger partial charge in [-0.05, 0) is 93.1 Å². The molecule has 1 aromatic carbocycles. The summed E-state index contributed by atoms with van der Waals surface area (Å²) < 4.78 is 39.7. The van der Waals surface area contributed by atoms with Crippen molar-refractivity contribution in [3.63, 3.8) is 0 Å². The van der Waals surface area contributed by atoms with Crippen LogP contribution in [-0.4, -0.2) is 13.2 Å². The average molecular weight is 407 g/mol. The Morgan fingerprint density at radius 1 is 0.655 bits per heavy atom. The van der Waals surface area contributed by atoms with E-state index in [0.717, 1.165) is 43.4 Å². The van der Waals surface area contributed by atoms with E-state index in [1.54, 1.807) is 0 Å². The monoisotopic (exact) mass is 406 g/mol. The molecule has 3 aliphatic rings. The average Bonchev–Trinajstić information content (AvgIpc) is 3.59. The topological polar surface area (TPSA) is 18.5 Å². The van der Waals surface area contributed by atoms with E-state index >= 15 is 0 Å². The predicted molar refractivity (Wildman–Crippen MR) is 111 cm³/mol. The maximum Gasteiger partial charge on any atom is 0.204 e. The molecule has 3 fully saturated rings. The molecule has 29 heavy (non-hydrogen) atoms. The molecule has 0 radical (unpaired) electrons. The van der Waals surface area contributed by atoms with Crippen molar-refractivity contribution in [2.45, 2.75) is 77.6 Å². The quantitative estimate of drug-likeness (QED) is 0.456. The van der Waals surface area contributed by atoms with E-state index in [0.29, 0.717) is 25.0 Å². The standard InChI is InChI=1S/C25H36F2O2/c1-2-17-5-9-20(10-6-17)21-11-7-19(8-12-21)16-29-23-14-13-22(24(26)25(23)27)28-15-18-3-4-18/h13-14,17-21H,2-12,15-16H2,1H3. The molecule has 0 aliphatic heterocycles. The van der Waals surface area contributed by atoms with Gasteiger partial charge in [-0.2, -0.15) is 8.78 Å². The molecule has 0 unspecified atom stereocenters. The second kappa shape index (κ2) is 9.66. The van der Waals surface area contributed by atoms with Crippen LogP contribution < -0.4 is 9.47 Å². The smallest absolute Gasteiger partial charge is 0.204 e. The summed E-state index contributed by atoms with van der Waals surface area (Å²) in [4.78, 5) is 0. The maximum atomic E-state index is 14.3. The Balaban J connectivity index is 1.21. The van der Waals surface area contributed by atoms with Crippen molar-refractivity contribution in [1.82, 2.24) is 0 Å². The minimum absolute atomic E-state index is 0.0000484. The number of hydrogen-bond acceptors (Lipinski definition) is 2. The number of rotatable bonds is 8. The molecule has 1 aromatic rings. The zero-order valence-electron chi connectivity index (χ0n) is 17.8. The van der Waals surface area contributed by atoms with E-state index in [9.17, 15) is 8.78 Å². The van der Waals surface area contributed by atoms with E-state index in [-0.39, 0.29) is 11.5 Å². The van der Waals surface area contributed by atoms with Crippen molar-refractivity contribution in [2.75, 3.05) is 13.2 Å². The van der Waals surface area contributed by atoms with E-state index in [1.807, 2.05) is 0 Å². The van der Waals surface area contributed by atoms with Crippen LogP contribution in [0, 0.1) is 41.2 Å².